The van der Waals surface area contributed by atoms with Gasteiger partial charge in [-0.05, 0) is 39.5 Å². The SMILES string of the molecule is CC(C)(C)Cn1nnc2c(Br)c(NCc3ccccc3OC(F)(F)F)ccc21. The van der Waals surface area contributed by atoms with E-state index < -0.39 is 6.36 Å². The van der Waals surface area contributed by atoms with E-state index in [1.165, 1.54) is 12.1 Å². The van der Waals surface area contributed by atoms with Gasteiger partial charge in [-0.1, -0.05) is 44.2 Å². The molecule has 0 spiro atoms. The van der Waals surface area contributed by atoms with Gasteiger partial charge in [-0.15, -0.1) is 18.3 Å². The Hall–Kier alpha value is -2.29. The minimum absolute atomic E-state index is 0.0478. The molecule has 28 heavy (non-hydrogen) atoms. The van der Waals surface area contributed by atoms with Gasteiger partial charge < -0.3 is 10.1 Å². The van der Waals surface area contributed by atoms with E-state index in [2.05, 4.69) is 57.1 Å². The summed E-state index contributed by atoms with van der Waals surface area (Å²) in [6.07, 6.45) is -4.73. The zero-order chi connectivity index (χ0) is 20.5. The molecule has 5 nitrogen and oxygen atoms in total. The van der Waals surface area contributed by atoms with Gasteiger partial charge in [0.2, 0.25) is 0 Å². The summed E-state index contributed by atoms with van der Waals surface area (Å²) in [5, 5.41) is 11.6. The van der Waals surface area contributed by atoms with Gasteiger partial charge in [0, 0.05) is 18.7 Å². The second-order valence-electron chi connectivity index (χ2n) is 7.61. The topological polar surface area (TPSA) is 52.0 Å². The first-order valence-corrected chi connectivity index (χ1v) is 9.42. The van der Waals surface area contributed by atoms with Crippen LogP contribution in [0.4, 0.5) is 18.9 Å². The van der Waals surface area contributed by atoms with E-state index in [-0.39, 0.29) is 17.7 Å². The molecule has 9 heteroatoms. The average Bonchev–Trinajstić information content (AvgIpc) is 2.96. The van der Waals surface area contributed by atoms with E-state index in [4.69, 9.17) is 0 Å². The molecule has 0 aliphatic rings. The summed E-state index contributed by atoms with van der Waals surface area (Å²) >= 11 is 3.53. The first-order valence-electron chi connectivity index (χ1n) is 8.63. The van der Waals surface area contributed by atoms with Gasteiger partial charge in [-0.3, -0.25) is 0 Å². The smallest absolute Gasteiger partial charge is 0.405 e. The van der Waals surface area contributed by atoms with Gasteiger partial charge in [0.15, 0.2) is 0 Å². The van der Waals surface area contributed by atoms with E-state index in [9.17, 15) is 13.2 Å². The highest BCUT2D eigenvalue weighted by atomic mass is 79.9. The maximum absolute atomic E-state index is 12.6. The van der Waals surface area contributed by atoms with Crippen LogP contribution in [-0.2, 0) is 13.1 Å². The molecule has 0 aliphatic heterocycles. The van der Waals surface area contributed by atoms with Crippen LogP contribution in [-0.4, -0.2) is 21.4 Å². The Bertz CT molecular complexity index is 979. The molecule has 3 aromatic rings. The average molecular weight is 457 g/mol. The monoisotopic (exact) mass is 456 g/mol. The van der Waals surface area contributed by atoms with Crippen LogP contribution in [0.2, 0.25) is 0 Å². The van der Waals surface area contributed by atoms with E-state index in [0.717, 1.165) is 5.52 Å². The third-order valence-corrected chi connectivity index (χ3v) is 4.72. The van der Waals surface area contributed by atoms with Gasteiger partial charge in [-0.2, -0.15) is 0 Å². The van der Waals surface area contributed by atoms with E-state index in [1.54, 1.807) is 12.1 Å². The van der Waals surface area contributed by atoms with Crippen molar-refractivity contribution in [3.8, 4) is 5.75 Å². The summed E-state index contributed by atoms with van der Waals surface area (Å²) < 4.78 is 44.4. The molecule has 0 atom stereocenters. The number of ether oxygens (including phenoxy) is 1. The maximum Gasteiger partial charge on any atom is 0.573 e. The molecule has 1 aromatic heterocycles. The molecule has 3 rings (SSSR count). The van der Waals surface area contributed by atoms with Crippen molar-refractivity contribution in [2.45, 2.75) is 40.2 Å². The molecule has 0 unspecified atom stereocenters. The number of para-hydroxylation sites is 1. The molecule has 2 aromatic carbocycles. The van der Waals surface area contributed by atoms with Crippen LogP contribution in [0, 0.1) is 5.41 Å². The molecule has 0 saturated carbocycles. The molecule has 0 bridgehead atoms. The van der Waals surface area contributed by atoms with Crippen LogP contribution < -0.4 is 10.1 Å². The van der Waals surface area contributed by atoms with Crippen LogP contribution in [0.1, 0.15) is 26.3 Å². The van der Waals surface area contributed by atoms with Gasteiger partial charge in [0.25, 0.3) is 0 Å². The molecular formula is C19H20BrF3N4O. The number of hydrogen-bond acceptors (Lipinski definition) is 4. The lowest BCUT2D eigenvalue weighted by molar-refractivity contribution is -0.274. The number of hydrogen-bond donors (Lipinski definition) is 1. The van der Waals surface area contributed by atoms with Gasteiger partial charge in [0.05, 0.1) is 15.7 Å². The molecule has 0 aliphatic carbocycles. The molecule has 1 N–H and O–H groups in total. The van der Waals surface area contributed by atoms with Crippen molar-refractivity contribution in [1.29, 1.82) is 0 Å². The predicted molar refractivity (Wildman–Crippen MR) is 105 cm³/mol. The van der Waals surface area contributed by atoms with E-state index in [1.807, 2.05) is 16.8 Å². The largest absolute Gasteiger partial charge is 0.573 e. The van der Waals surface area contributed by atoms with Crippen LogP contribution in [0.15, 0.2) is 40.9 Å². The summed E-state index contributed by atoms with van der Waals surface area (Å²) in [7, 11) is 0. The highest BCUT2D eigenvalue weighted by Crippen LogP contribution is 2.32. The number of halogens is 4. The number of anilines is 1. The third-order valence-electron chi connectivity index (χ3n) is 3.92. The second kappa shape index (κ2) is 7.62. The lowest BCUT2D eigenvalue weighted by atomic mass is 9.97. The summed E-state index contributed by atoms with van der Waals surface area (Å²) in [6, 6.07) is 9.78. The zero-order valence-electron chi connectivity index (χ0n) is 15.6. The van der Waals surface area contributed by atoms with E-state index >= 15 is 0 Å². The van der Waals surface area contributed by atoms with Crippen LogP contribution in [0.3, 0.4) is 0 Å². The molecule has 0 amide bonds. The Morgan fingerprint density at radius 1 is 1.11 bits per heavy atom. The number of aromatic nitrogens is 3. The Morgan fingerprint density at radius 2 is 1.82 bits per heavy atom. The van der Waals surface area contributed by atoms with Crippen molar-refractivity contribution in [3.05, 3.63) is 46.4 Å². The highest BCUT2D eigenvalue weighted by molar-refractivity contribution is 9.10. The fourth-order valence-electron chi connectivity index (χ4n) is 2.77. The summed E-state index contributed by atoms with van der Waals surface area (Å²) in [5.74, 6) is -0.226. The normalized spacial score (nSPS) is 12.4. The van der Waals surface area contributed by atoms with Crippen molar-refractivity contribution < 1.29 is 17.9 Å². The standard InChI is InChI=1S/C19H20BrF3N4O/c1-18(2,3)11-27-14-9-8-13(16(20)17(14)25-26-27)24-10-12-6-4-5-7-15(12)28-19(21,22)23/h4-9,24H,10-11H2,1-3H3. The number of fused-ring (bicyclic) bond motifs is 1. The van der Waals surface area contributed by atoms with E-state index in [0.29, 0.717) is 27.8 Å². The Labute approximate surface area is 169 Å². The molecular weight excluding hydrogens is 437 g/mol. The minimum atomic E-state index is -4.73. The predicted octanol–water partition coefficient (Wildman–Crippen LogP) is 5.75. The lowest BCUT2D eigenvalue weighted by Gasteiger charge is -2.18. The van der Waals surface area contributed by atoms with Crippen molar-refractivity contribution in [3.63, 3.8) is 0 Å². The zero-order valence-corrected chi connectivity index (χ0v) is 17.2. The van der Waals surface area contributed by atoms with Gasteiger partial charge in [-0.25, -0.2) is 4.68 Å². The third kappa shape index (κ3) is 4.95. The first kappa shape index (κ1) is 20.4. The molecule has 0 radical (unpaired) electrons. The Morgan fingerprint density at radius 3 is 2.50 bits per heavy atom. The molecule has 0 saturated heterocycles. The van der Waals surface area contributed by atoms with Gasteiger partial charge >= 0.3 is 6.36 Å². The number of nitrogens with one attached hydrogen (secondary N) is 1. The summed E-state index contributed by atoms with van der Waals surface area (Å²) in [6.45, 7) is 7.22. The van der Waals surface area contributed by atoms with Crippen LogP contribution in [0.5, 0.6) is 5.75 Å². The fraction of sp³-hybridized carbons (Fsp3) is 0.368. The van der Waals surface area contributed by atoms with Crippen molar-refractivity contribution >= 4 is 32.7 Å². The van der Waals surface area contributed by atoms with Crippen molar-refractivity contribution in [2.24, 2.45) is 5.41 Å². The quantitative estimate of drug-likeness (QED) is 0.530. The fourth-order valence-corrected chi connectivity index (χ4v) is 3.33. The minimum Gasteiger partial charge on any atom is -0.405 e. The van der Waals surface area contributed by atoms with Crippen LogP contribution in [0.25, 0.3) is 11.0 Å². The molecule has 1 heterocycles. The van der Waals surface area contributed by atoms with Gasteiger partial charge in [0.1, 0.15) is 11.3 Å². The lowest BCUT2D eigenvalue weighted by Crippen LogP contribution is -2.18. The second-order valence-corrected chi connectivity index (χ2v) is 8.40. The number of alkyl halides is 3. The maximum atomic E-state index is 12.6. The Kier molecular flexibility index (Phi) is 5.56. The number of nitrogens with zero attached hydrogens (tertiary/aromatic N) is 3. The van der Waals surface area contributed by atoms with Crippen molar-refractivity contribution in [2.75, 3.05) is 5.32 Å². The van der Waals surface area contributed by atoms with Crippen LogP contribution >= 0.6 is 15.9 Å². The first-order chi connectivity index (χ1) is 13.0. The highest BCUT2D eigenvalue weighted by Gasteiger charge is 2.32. The summed E-state index contributed by atoms with van der Waals surface area (Å²) in [5.41, 5.74) is 2.72. The van der Waals surface area contributed by atoms with Crippen molar-refractivity contribution in [1.82, 2.24) is 15.0 Å². The number of benzene rings is 2. The Balaban J connectivity index is 1.82. The summed E-state index contributed by atoms with van der Waals surface area (Å²) in [4.78, 5) is 0. The molecule has 150 valence electrons. The molecule has 0 fully saturated rings. The number of rotatable bonds is 5.